The van der Waals surface area contributed by atoms with Crippen LogP contribution in [0.15, 0.2) is 0 Å². The highest BCUT2D eigenvalue weighted by Gasteiger charge is 2.24. The molecule has 0 aromatic carbocycles. The van der Waals surface area contributed by atoms with Crippen molar-refractivity contribution in [1.82, 2.24) is 4.90 Å². The van der Waals surface area contributed by atoms with Gasteiger partial charge in [-0.2, -0.15) is 0 Å². The number of hydrogen-bond donors (Lipinski definition) is 2. The molecule has 5 heteroatoms. The molecule has 0 spiro atoms. The molecule has 0 aromatic rings. The molecule has 0 rings (SSSR count). The molecule has 1 amide bonds. The molecule has 0 radical (unpaired) electrons. The molecular weight excluding hydrogens is 180 g/mol. The third-order valence-electron chi connectivity index (χ3n) is 1.33. The van der Waals surface area contributed by atoms with E-state index in [0.717, 1.165) is 0 Å². The van der Waals surface area contributed by atoms with Gasteiger partial charge in [0.25, 0.3) is 0 Å². The average Bonchev–Trinajstić information content (AvgIpc) is 1.85. The molecule has 0 atom stereocenters. The minimum atomic E-state index is -0.843. The fraction of sp³-hybridized carbons (Fsp3) is 0.857. The summed E-state index contributed by atoms with van der Waals surface area (Å²) in [5, 5.41) is 8.52. The van der Waals surface area contributed by atoms with Gasteiger partial charge in [-0.1, -0.05) is 0 Å². The van der Waals surface area contributed by atoms with Gasteiger partial charge in [0.1, 0.15) is 0 Å². The quantitative estimate of drug-likeness (QED) is 0.646. The summed E-state index contributed by atoms with van der Waals surface area (Å²) in [6.45, 7) is 3.59. The van der Waals surface area contributed by atoms with Crippen LogP contribution < -0.4 is 5.73 Å². The zero-order valence-corrected chi connectivity index (χ0v) is 8.52. The lowest BCUT2D eigenvalue weighted by Gasteiger charge is -2.24. The molecular formula is C7H17ClN2O2. The molecule has 3 N–H and O–H groups in total. The fourth-order valence-corrected chi connectivity index (χ4v) is 0.743. The highest BCUT2D eigenvalue weighted by Crippen LogP contribution is 2.01. The van der Waals surface area contributed by atoms with Crippen LogP contribution in [0.5, 0.6) is 0 Å². The number of halogens is 1. The number of nitrogens with two attached hydrogens (primary N) is 1. The van der Waals surface area contributed by atoms with Crippen LogP contribution in [0, 0.1) is 0 Å². The van der Waals surface area contributed by atoms with Crippen molar-refractivity contribution in [1.29, 1.82) is 0 Å². The molecule has 0 heterocycles. The first-order valence-electron chi connectivity index (χ1n) is 3.55. The Bertz CT molecular complexity index is 145. The smallest absolute Gasteiger partial charge is 0.241 e. The van der Waals surface area contributed by atoms with Gasteiger partial charge in [-0.3, -0.25) is 4.79 Å². The van der Waals surface area contributed by atoms with Gasteiger partial charge in [0, 0.05) is 13.6 Å². The van der Waals surface area contributed by atoms with Crippen molar-refractivity contribution >= 4 is 18.3 Å². The van der Waals surface area contributed by atoms with Crippen LogP contribution in [0.25, 0.3) is 0 Å². The van der Waals surface area contributed by atoms with Gasteiger partial charge in [-0.25, -0.2) is 0 Å². The summed E-state index contributed by atoms with van der Waals surface area (Å²) < 4.78 is 0. The Morgan fingerprint density at radius 1 is 1.58 bits per heavy atom. The molecule has 0 aliphatic carbocycles. The number of carbonyl (C=O) groups is 1. The molecule has 0 unspecified atom stereocenters. The summed E-state index contributed by atoms with van der Waals surface area (Å²) in [6.07, 6.45) is 0. The Morgan fingerprint density at radius 3 is 2.25 bits per heavy atom. The van der Waals surface area contributed by atoms with Gasteiger partial charge in [0.2, 0.25) is 5.91 Å². The van der Waals surface area contributed by atoms with Gasteiger partial charge in [0.15, 0.2) is 0 Å². The molecule has 74 valence electrons. The number of amides is 1. The van der Waals surface area contributed by atoms with E-state index in [-0.39, 0.29) is 24.9 Å². The molecule has 0 saturated carbocycles. The normalized spacial score (nSPS) is 10.4. The number of hydrogen-bond acceptors (Lipinski definition) is 3. The van der Waals surface area contributed by atoms with Crippen LogP contribution in [0.3, 0.4) is 0 Å². The van der Waals surface area contributed by atoms with Gasteiger partial charge < -0.3 is 15.7 Å². The first-order valence-corrected chi connectivity index (χ1v) is 3.55. The van der Waals surface area contributed by atoms with E-state index in [1.54, 1.807) is 20.9 Å². The van der Waals surface area contributed by atoms with Crippen LogP contribution in [-0.4, -0.2) is 41.7 Å². The predicted molar refractivity (Wildman–Crippen MR) is 50.2 cm³/mol. The predicted octanol–water partition coefficient (Wildman–Crippen LogP) is -0.404. The first-order chi connectivity index (χ1) is 4.89. The number of nitrogens with zero attached hydrogens (tertiary/aromatic N) is 1. The van der Waals surface area contributed by atoms with E-state index in [1.165, 1.54) is 4.90 Å². The number of rotatable bonds is 3. The molecule has 0 aliphatic heterocycles. The number of aliphatic hydroxyl groups is 1. The molecule has 0 bridgehead atoms. The van der Waals surface area contributed by atoms with Gasteiger partial charge in [-0.05, 0) is 13.8 Å². The minimum absolute atomic E-state index is 0. The van der Waals surface area contributed by atoms with Crippen LogP contribution in [0.2, 0.25) is 0 Å². The van der Waals surface area contributed by atoms with Crippen LogP contribution in [-0.2, 0) is 4.79 Å². The molecule has 0 fully saturated rings. The number of likely N-dealkylation sites (N-methyl/N-ethyl adjacent to an activating group) is 1. The van der Waals surface area contributed by atoms with Crippen molar-refractivity contribution in [3.05, 3.63) is 0 Å². The summed E-state index contributed by atoms with van der Waals surface area (Å²) >= 11 is 0. The van der Waals surface area contributed by atoms with Crippen molar-refractivity contribution in [3.8, 4) is 0 Å². The highest BCUT2D eigenvalue weighted by molar-refractivity contribution is 5.85. The lowest BCUT2D eigenvalue weighted by molar-refractivity contribution is -0.134. The van der Waals surface area contributed by atoms with Crippen molar-refractivity contribution in [3.63, 3.8) is 0 Å². The molecule has 0 saturated heterocycles. The zero-order chi connectivity index (χ0) is 9.07. The van der Waals surface area contributed by atoms with E-state index < -0.39 is 5.54 Å². The third kappa shape index (κ3) is 4.54. The highest BCUT2D eigenvalue weighted by atomic mass is 35.5. The fourth-order valence-electron chi connectivity index (χ4n) is 0.743. The SMILES string of the molecule is CN(CCO)C(=O)C(C)(C)N.Cl. The van der Waals surface area contributed by atoms with E-state index in [9.17, 15) is 4.79 Å². The van der Waals surface area contributed by atoms with Gasteiger partial charge in [0.05, 0.1) is 12.1 Å². The lowest BCUT2D eigenvalue weighted by Crippen LogP contribution is -2.50. The van der Waals surface area contributed by atoms with Crippen molar-refractivity contribution in [2.75, 3.05) is 20.2 Å². The van der Waals surface area contributed by atoms with Crippen LogP contribution >= 0.6 is 12.4 Å². The maximum atomic E-state index is 11.2. The maximum absolute atomic E-state index is 11.2. The Balaban J connectivity index is 0. The second kappa shape index (κ2) is 5.35. The second-order valence-electron chi connectivity index (χ2n) is 3.17. The monoisotopic (exact) mass is 196 g/mol. The minimum Gasteiger partial charge on any atom is -0.395 e. The Hall–Kier alpha value is -0.320. The zero-order valence-electron chi connectivity index (χ0n) is 7.70. The van der Waals surface area contributed by atoms with Gasteiger partial charge >= 0.3 is 0 Å². The van der Waals surface area contributed by atoms with Crippen molar-refractivity contribution in [2.45, 2.75) is 19.4 Å². The largest absolute Gasteiger partial charge is 0.395 e. The Labute approximate surface area is 79.1 Å². The topological polar surface area (TPSA) is 66.6 Å². The maximum Gasteiger partial charge on any atom is 0.241 e. The van der Waals surface area contributed by atoms with E-state index in [2.05, 4.69) is 0 Å². The summed E-state index contributed by atoms with van der Waals surface area (Å²) in [5.41, 5.74) is 4.69. The summed E-state index contributed by atoms with van der Waals surface area (Å²) in [4.78, 5) is 12.7. The molecule has 0 aromatic heterocycles. The number of carbonyl (C=O) groups excluding carboxylic acids is 1. The standard InChI is InChI=1S/C7H16N2O2.ClH/c1-7(2,8)6(11)9(3)4-5-10;/h10H,4-5,8H2,1-3H3;1H. The summed E-state index contributed by atoms with van der Waals surface area (Å²) in [6, 6.07) is 0. The Morgan fingerprint density at radius 2 is 2.00 bits per heavy atom. The van der Waals surface area contributed by atoms with Crippen LogP contribution in [0.1, 0.15) is 13.8 Å². The average molecular weight is 197 g/mol. The van der Waals surface area contributed by atoms with Crippen molar-refractivity contribution < 1.29 is 9.90 Å². The van der Waals surface area contributed by atoms with E-state index in [1.807, 2.05) is 0 Å². The van der Waals surface area contributed by atoms with Crippen LogP contribution in [0.4, 0.5) is 0 Å². The van der Waals surface area contributed by atoms with E-state index in [4.69, 9.17) is 10.8 Å². The Kier molecular flexibility index (Phi) is 6.34. The molecule has 12 heavy (non-hydrogen) atoms. The first kappa shape index (κ1) is 14.2. The molecule has 0 aliphatic rings. The summed E-state index contributed by atoms with van der Waals surface area (Å²) in [5.74, 6) is -0.161. The lowest BCUT2D eigenvalue weighted by atomic mass is 10.1. The summed E-state index contributed by atoms with van der Waals surface area (Å²) in [7, 11) is 1.62. The number of aliphatic hydroxyl groups excluding tert-OH is 1. The second-order valence-corrected chi connectivity index (χ2v) is 3.17. The van der Waals surface area contributed by atoms with E-state index in [0.29, 0.717) is 6.54 Å². The van der Waals surface area contributed by atoms with E-state index >= 15 is 0 Å². The third-order valence-corrected chi connectivity index (χ3v) is 1.33. The van der Waals surface area contributed by atoms with Crippen molar-refractivity contribution in [2.24, 2.45) is 5.73 Å². The molecule has 4 nitrogen and oxygen atoms in total. The van der Waals surface area contributed by atoms with Gasteiger partial charge in [-0.15, -0.1) is 12.4 Å².